The van der Waals surface area contributed by atoms with Gasteiger partial charge in [0.2, 0.25) is 5.91 Å². The van der Waals surface area contributed by atoms with Gasteiger partial charge < -0.3 is 10.6 Å². The molecular formula is C12H26N2O. The standard InChI is InChI=1S/C12H26N2O/c1-10(2)7-9-14(5)11(15)6-8-12(3,4)13/h10H,6-9,13H2,1-5H3. The van der Waals surface area contributed by atoms with E-state index in [0.717, 1.165) is 19.4 Å². The fourth-order valence-corrected chi connectivity index (χ4v) is 1.20. The normalized spacial score (nSPS) is 11.9. The van der Waals surface area contributed by atoms with Crippen molar-refractivity contribution in [1.82, 2.24) is 4.90 Å². The summed E-state index contributed by atoms with van der Waals surface area (Å²) < 4.78 is 0. The summed E-state index contributed by atoms with van der Waals surface area (Å²) in [6, 6.07) is 0. The largest absolute Gasteiger partial charge is 0.346 e. The van der Waals surface area contributed by atoms with Crippen LogP contribution in [0.25, 0.3) is 0 Å². The third-order valence-corrected chi connectivity index (χ3v) is 2.45. The molecule has 15 heavy (non-hydrogen) atoms. The molecule has 0 aromatic heterocycles. The molecule has 0 bridgehead atoms. The highest BCUT2D eigenvalue weighted by Gasteiger charge is 2.15. The first-order valence-electron chi connectivity index (χ1n) is 5.75. The molecule has 3 heteroatoms. The van der Waals surface area contributed by atoms with Crippen molar-refractivity contribution in [1.29, 1.82) is 0 Å². The van der Waals surface area contributed by atoms with Crippen molar-refractivity contribution in [3.8, 4) is 0 Å². The van der Waals surface area contributed by atoms with Crippen molar-refractivity contribution < 1.29 is 4.79 Å². The molecule has 0 heterocycles. The van der Waals surface area contributed by atoms with Gasteiger partial charge in [-0.2, -0.15) is 0 Å². The van der Waals surface area contributed by atoms with Crippen molar-refractivity contribution in [3.63, 3.8) is 0 Å². The monoisotopic (exact) mass is 214 g/mol. The lowest BCUT2D eigenvalue weighted by molar-refractivity contribution is -0.130. The second-order valence-electron chi connectivity index (χ2n) is 5.49. The zero-order chi connectivity index (χ0) is 12.1. The molecular weight excluding hydrogens is 188 g/mol. The summed E-state index contributed by atoms with van der Waals surface area (Å²) in [6.07, 6.45) is 2.37. The Bertz CT molecular complexity index is 194. The van der Waals surface area contributed by atoms with E-state index >= 15 is 0 Å². The molecule has 0 spiro atoms. The van der Waals surface area contributed by atoms with Crippen molar-refractivity contribution in [2.45, 2.75) is 52.5 Å². The smallest absolute Gasteiger partial charge is 0.222 e. The molecule has 0 atom stereocenters. The minimum absolute atomic E-state index is 0.203. The van der Waals surface area contributed by atoms with Gasteiger partial charge in [0.25, 0.3) is 0 Å². The Morgan fingerprint density at radius 2 is 1.93 bits per heavy atom. The van der Waals surface area contributed by atoms with E-state index in [1.807, 2.05) is 25.8 Å². The molecule has 0 aromatic carbocycles. The Morgan fingerprint density at radius 1 is 1.40 bits per heavy atom. The summed E-state index contributed by atoms with van der Waals surface area (Å²) in [7, 11) is 1.87. The summed E-state index contributed by atoms with van der Waals surface area (Å²) >= 11 is 0. The number of hydrogen-bond donors (Lipinski definition) is 1. The molecule has 0 saturated carbocycles. The maximum absolute atomic E-state index is 11.7. The van der Waals surface area contributed by atoms with Gasteiger partial charge in [-0.3, -0.25) is 4.79 Å². The Labute approximate surface area is 94.0 Å². The highest BCUT2D eigenvalue weighted by molar-refractivity contribution is 5.75. The fourth-order valence-electron chi connectivity index (χ4n) is 1.20. The summed E-state index contributed by atoms with van der Waals surface area (Å²) in [5.74, 6) is 0.848. The topological polar surface area (TPSA) is 46.3 Å². The van der Waals surface area contributed by atoms with Gasteiger partial charge in [0.15, 0.2) is 0 Å². The van der Waals surface area contributed by atoms with Gasteiger partial charge in [-0.25, -0.2) is 0 Å². The third-order valence-electron chi connectivity index (χ3n) is 2.45. The van der Waals surface area contributed by atoms with Gasteiger partial charge in [-0.05, 0) is 32.6 Å². The predicted octanol–water partition coefficient (Wildman–Crippen LogP) is 2.01. The van der Waals surface area contributed by atoms with Crippen LogP contribution in [0.5, 0.6) is 0 Å². The second-order valence-corrected chi connectivity index (χ2v) is 5.49. The van der Waals surface area contributed by atoms with Crippen molar-refractivity contribution in [3.05, 3.63) is 0 Å². The lowest BCUT2D eigenvalue weighted by Gasteiger charge is -2.22. The molecule has 0 aromatic rings. The fraction of sp³-hybridized carbons (Fsp3) is 0.917. The van der Waals surface area contributed by atoms with Crippen LogP contribution in [0.2, 0.25) is 0 Å². The van der Waals surface area contributed by atoms with Gasteiger partial charge in [0, 0.05) is 25.6 Å². The van der Waals surface area contributed by atoms with Crippen molar-refractivity contribution >= 4 is 5.91 Å². The molecule has 2 N–H and O–H groups in total. The lowest BCUT2D eigenvalue weighted by Crippen LogP contribution is -2.35. The minimum Gasteiger partial charge on any atom is -0.346 e. The number of carbonyl (C=O) groups excluding carboxylic acids is 1. The lowest BCUT2D eigenvalue weighted by atomic mass is 9.99. The van der Waals surface area contributed by atoms with E-state index < -0.39 is 0 Å². The van der Waals surface area contributed by atoms with Crippen LogP contribution in [0.3, 0.4) is 0 Å². The van der Waals surface area contributed by atoms with Crippen LogP contribution in [0.4, 0.5) is 0 Å². The van der Waals surface area contributed by atoms with Gasteiger partial charge in [0.05, 0.1) is 0 Å². The molecule has 0 rings (SSSR count). The van der Waals surface area contributed by atoms with E-state index in [1.165, 1.54) is 0 Å². The van der Waals surface area contributed by atoms with E-state index in [0.29, 0.717) is 12.3 Å². The van der Waals surface area contributed by atoms with E-state index in [4.69, 9.17) is 5.73 Å². The summed E-state index contributed by atoms with van der Waals surface area (Å²) in [4.78, 5) is 13.5. The SMILES string of the molecule is CC(C)CCN(C)C(=O)CCC(C)(C)N. The molecule has 0 radical (unpaired) electrons. The minimum atomic E-state index is -0.242. The first kappa shape index (κ1) is 14.4. The van der Waals surface area contributed by atoms with Crippen molar-refractivity contribution in [2.24, 2.45) is 11.7 Å². The average molecular weight is 214 g/mol. The maximum Gasteiger partial charge on any atom is 0.222 e. The maximum atomic E-state index is 11.7. The Balaban J connectivity index is 3.80. The third kappa shape index (κ3) is 8.43. The first-order valence-corrected chi connectivity index (χ1v) is 5.75. The first-order chi connectivity index (χ1) is 6.72. The molecule has 1 amide bonds. The average Bonchev–Trinajstić information content (AvgIpc) is 2.08. The molecule has 0 aliphatic heterocycles. The molecule has 0 saturated heterocycles. The van der Waals surface area contributed by atoms with Crippen LogP contribution in [0.15, 0.2) is 0 Å². The Hall–Kier alpha value is -0.570. The zero-order valence-electron chi connectivity index (χ0n) is 10.8. The van der Waals surface area contributed by atoms with Gasteiger partial charge >= 0.3 is 0 Å². The highest BCUT2D eigenvalue weighted by Crippen LogP contribution is 2.09. The Kier molecular flexibility index (Phi) is 5.88. The molecule has 0 aliphatic carbocycles. The van der Waals surface area contributed by atoms with E-state index in [9.17, 15) is 4.79 Å². The quantitative estimate of drug-likeness (QED) is 0.735. The highest BCUT2D eigenvalue weighted by atomic mass is 16.2. The van der Waals surface area contributed by atoms with Gasteiger partial charge in [0.1, 0.15) is 0 Å². The van der Waals surface area contributed by atoms with Crippen LogP contribution < -0.4 is 5.73 Å². The molecule has 90 valence electrons. The van der Waals surface area contributed by atoms with Crippen LogP contribution in [-0.4, -0.2) is 29.9 Å². The van der Waals surface area contributed by atoms with Crippen LogP contribution >= 0.6 is 0 Å². The van der Waals surface area contributed by atoms with Crippen LogP contribution in [-0.2, 0) is 4.79 Å². The molecule has 3 nitrogen and oxygen atoms in total. The Morgan fingerprint density at radius 3 is 2.33 bits per heavy atom. The number of nitrogens with two attached hydrogens (primary N) is 1. The number of nitrogens with zero attached hydrogens (tertiary/aromatic N) is 1. The second kappa shape index (κ2) is 6.11. The van der Waals surface area contributed by atoms with Crippen LogP contribution in [0, 0.1) is 5.92 Å². The van der Waals surface area contributed by atoms with Crippen molar-refractivity contribution in [2.75, 3.05) is 13.6 Å². The number of carbonyl (C=O) groups is 1. The van der Waals surface area contributed by atoms with E-state index in [2.05, 4.69) is 13.8 Å². The molecule has 0 unspecified atom stereocenters. The zero-order valence-corrected chi connectivity index (χ0v) is 10.8. The predicted molar refractivity (Wildman–Crippen MR) is 64.6 cm³/mol. The number of amides is 1. The summed E-state index contributed by atoms with van der Waals surface area (Å²) in [5.41, 5.74) is 5.59. The molecule has 0 fully saturated rings. The van der Waals surface area contributed by atoms with Crippen LogP contribution in [0.1, 0.15) is 47.0 Å². The van der Waals surface area contributed by atoms with E-state index in [-0.39, 0.29) is 11.4 Å². The summed E-state index contributed by atoms with van der Waals surface area (Å²) in [5, 5.41) is 0. The van der Waals surface area contributed by atoms with Gasteiger partial charge in [-0.15, -0.1) is 0 Å². The molecule has 0 aliphatic rings. The van der Waals surface area contributed by atoms with Gasteiger partial charge in [-0.1, -0.05) is 13.8 Å². The number of rotatable bonds is 6. The van der Waals surface area contributed by atoms with E-state index in [1.54, 1.807) is 0 Å². The number of hydrogen-bond acceptors (Lipinski definition) is 2. The summed E-state index contributed by atoms with van der Waals surface area (Å²) in [6.45, 7) is 9.09.